The van der Waals surface area contributed by atoms with E-state index in [2.05, 4.69) is 25.4 Å². The number of hydrogen-bond acceptors (Lipinski definition) is 8. The van der Waals surface area contributed by atoms with E-state index in [-0.39, 0.29) is 40.6 Å². The van der Waals surface area contributed by atoms with Gasteiger partial charge in [-0.3, -0.25) is 14.3 Å². The van der Waals surface area contributed by atoms with Gasteiger partial charge in [0, 0.05) is 51.8 Å². The van der Waals surface area contributed by atoms with E-state index in [4.69, 9.17) is 9.47 Å². The fraction of sp³-hybridized carbons (Fsp3) is 0.258. The van der Waals surface area contributed by atoms with Crippen molar-refractivity contribution in [2.24, 2.45) is 7.05 Å². The fourth-order valence-corrected chi connectivity index (χ4v) is 5.07. The zero-order valence-corrected chi connectivity index (χ0v) is 24.6. The number of carbonyl (C=O) groups is 2. The molecule has 1 fully saturated rings. The largest absolute Gasteiger partial charge is 0.457 e. The molecule has 2 aromatic carbocycles. The van der Waals surface area contributed by atoms with E-state index in [1.807, 2.05) is 24.1 Å². The summed E-state index contributed by atoms with van der Waals surface area (Å²) in [6.07, 6.45) is 6.43. The van der Waals surface area contributed by atoms with Gasteiger partial charge in [-0.05, 0) is 49.0 Å². The summed E-state index contributed by atoms with van der Waals surface area (Å²) in [4.78, 5) is 34.2. The van der Waals surface area contributed by atoms with Gasteiger partial charge in [0.15, 0.2) is 5.65 Å². The number of hydrogen-bond donors (Lipinski definition) is 1. The number of likely N-dealkylation sites (N-methyl/N-ethyl adjacent to an activating group) is 1. The molecule has 12 nitrogen and oxygen atoms in total. The van der Waals surface area contributed by atoms with Crippen LogP contribution in [-0.2, 0) is 18.3 Å². The van der Waals surface area contributed by atoms with Gasteiger partial charge in [-0.15, -0.1) is 0 Å². The Balaban J connectivity index is 1.22. The van der Waals surface area contributed by atoms with Crippen molar-refractivity contribution in [1.82, 2.24) is 34.2 Å². The Morgan fingerprint density at radius 1 is 1.02 bits per heavy atom. The minimum Gasteiger partial charge on any atom is -0.457 e. The van der Waals surface area contributed by atoms with Crippen LogP contribution in [0.25, 0.3) is 16.9 Å². The minimum atomic E-state index is -3.09. The highest BCUT2D eigenvalue weighted by atomic mass is 19.3. The maximum Gasteiger partial charge on any atom is 0.387 e. The lowest BCUT2D eigenvalue weighted by Gasteiger charge is -2.32. The van der Waals surface area contributed by atoms with Crippen LogP contribution < -0.4 is 14.8 Å². The van der Waals surface area contributed by atoms with Crippen LogP contribution in [0.5, 0.6) is 17.2 Å². The van der Waals surface area contributed by atoms with E-state index >= 15 is 0 Å². The number of rotatable bonds is 9. The number of aryl methyl sites for hydroxylation is 1. The molecule has 0 unspecified atom stereocenters. The first-order chi connectivity index (χ1) is 21.7. The highest BCUT2D eigenvalue weighted by molar-refractivity contribution is 6.09. The number of anilines is 1. The first-order valence-corrected chi connectivity index (χ1v) is 14.2. The predicted molar refractivity (Wildman–Crippen MR) is 161 cm³/mol. The maximum atomic E-state index is 13.4. The molecule has 0 spiro atoms. The third-order valence-electron chi connectivity index (χ3n) is 7.39. The average Bonchev–Trinajstić information content (AvgIpc) is 3.62. The Hall–Kier alpha value is -5.37. The van der Waals surface area contributed by atoms with E-state index in [1.165, 1.54) is 33.6 Å². The van der Waals surface area contributed by atoms with Crippen LogP contribution in [0.2, 0.25) is 0 Å². The summed E-state index contributed by atoms with van der Waals surface area (Å²) in [5.74, 6) is 0.221. The number of aromatic nitrogens is 5. The molecule has 45 heavy (non-hydrogen) atoms. The van der Waals surface area contributed by atoms with Gasteiger partial charge < -0.3 is 24.6 Å². The molecule has 2 amide bonds. The SMILES string of the molecule is CN1CCN(C(=O)Cc2ccc(Oc3ccc(OC(F)F)c(-c4nn(C)cc4NC(=O)c4cnn5cccnc45)c3)cc2)CC1. The molecule has 232 valence electrons. The summed E-state index contributed by atoms with van der Waals surface area (Å²) >= 11 is 0. The number of alkyl halides is 2. The fourth-order valence-electron chi connectivity index (χ4n) is 5.07. The normalized spacial score (nSPS) is 13.8. The average molecular weight is 617 g/mol. The number of benzene rings is 2. The molecule has 0 radical (unpaired) electrons. The summed E-state index contributed by atoms with van der Waals surface area (Å²) in [6.45, 7) is 0.0391. The van der Waals surface area contributed by atoms with Crippen LogP contribution in [0.4, 0.5) is 14.5 Å². The van der Waals surface area contributed by atoms with Crippen molar-refractivity contribution in [3.05, 3.63) is 84.4 Å². The van der Waals surface area contributed by atoms with Crippen molar-refractivity contribution < 1.29 is 27.8 Å². The molecule has 0 bridgehead atoms. The summed E-state index contributed by atoms with van der Waals surface area (Å²) in [5.41, 5.74) is 2.05. The lowest BCUT2D eigenvalue weighted by atomic mass is 10.1. The highest BCUT2D eigenvalue weighted by Gasteiger charge is 2.23. The third kappa shape index (κ3) is 6.75. The first-order valence-electron chi connectivity index (χ1n) is 14.2. The molecule has 4 heterocycles. The quantitative estimate of drug-likeness (QED) is 0.263. The third-order valence-corrected chi connectivity index (χ3v) is 7.39. The van der Waals surface area contributed by atoms with Crippen molar-refractivity contribution in [2.45, 2.75) is 13.0 Å². The lowest BCUT2D eigenvalue weighted by Crippen LogP contribution is -2.47. The molecule has 0 saturated carbocycles. The van der Waals surface area contributed by atoms with Gasteiger partial charge in [0.05, 0.1) is 23.9 Å². The van der Waals surface area contributed by atoms with Crippen LogP contribution in [-0.4, -0.2) is 85.8 Å². The van der Waals surface area contributed by atoms with E-state index in [1.54, 1.807) is 43.8 Å². The Morgan fingerprint density at radius 2 is 1.78 bits per heavy atom. The zero-order chi connectivity index (χ0) is 31.5. The van der Waals surface area contributed by atoms with Crippen LogP contribution in [0, 0.1) is 0 Å². The molecule has 6 rings (SSSR count). The smallest absolute Gasteiger partial charge is 0.387 e. The van der Waals surface area contributed by atoms with Crippen molar-refractivity contribution in [3.63, 3.8) is 0 Å². The lowest BCUT2D eigenvalue weighted by molar-refractivity contribution is -0.132. The number of carbonyl (C=O) groups excluding carboxylic acids is 2. The number of amides is 2. The van der Waals surface area contributed by atoms with E-state index < -0.39 is 12.5 Å². The molecular formula is C31H30F2N8O4. The number of piperazine rings is 1. The van der Waals surface area contributed by atoms with Crippen molar-refractivity contribution in [1.29, 1.82) is 0 Å². The second-order valence-electron chi connectivity index (χ2n) is 10.6. The molecule has 5 aromatic rings. The molecule has 3 aromatic heterocycles. The number of nitrogens with zero attached hydrogens (tertiary/aromatic N) is 7. The summed E-state index contributed by atoms with van der Waals surface area (Å²) in [6, 6.07) is 13.2. The molecule has 1 aliphatic rings. The van der Waals surface area contributed by atoms with Gasteiger partial charge in [-0.2, -0.15) is 19.0 Å². The monoisotopic (exact) mass is 616 g/mol. The molecular weight excluding hydrogens is 586 g/mol. The molecule has 1 saturated heterocycles. The molecule has 1 N–H and O–H groups in total. The van der Waals surface area contributed by atoms with Crippen molar-refractivity contribution in [3.8, 4) is 28.5 Å². The number of fused-ring (bicyclic) bond motifs is 1. The second kappa shape index (κ2) is 12.7. The van der Waals surface area contributed by atoms with E-state index in [0.717, 1.165) is 18.7 Å². The van der Waals surface area contributed by atoms with Crippen molar-refractivity contribution >= 4 is 23.1 Å². The molecule has 0 atom stereocenters. The van der Waals surface area contributed by atoms with Gasteiger partial charge in [-0.1, -0.05) is 12.1 Å². The van der Waals surface area contributed by atoms with Crippen LogP contribution in [0.3, 0.4) is 0 Å². The second-order valence-corrected chi connectivity index (χ2v) is 10.6. The summed E-state index contributed by atoms with van der Waals surface area (Å²) in [7, 11) is 3.68. The summed E-state index contributed by atoms with van der Waals surface area (Å²) in [5, 5.41) is 11.4. The Kier molecular flexibility index (Phi) is 8.38. The number of nitrogens with one attached hydrogen (secondary N) is 1. The van der Waals surface area contributed by atoms with Gasteiger partial charge in [0.2, 0.25) is 5.91 Å². The van der Waals surface area contributed by atoms with Crippen LogP contribution in [0.15, 0.2) is 73.3 Å². The minimum absolute atomic E-state index is 0.0760. The van der Waals surface area contributed by atoms with E-state index in [9.17, 15) is 18.4 Å². The van der Waals surface area contributed by atoms with E-state index in [0.29, 0.717) is 30.2 Å². The zero-order valence-electron chi connectivity index (χ0n) is 24.6. The maximum absolute atomic E-state index is 13.4. The Bertz CT molecular complexity index is 1830. The highest BCUT2D eigenvalue weighted by Crippen LogP contribution is 2.38. The Labute approximate surface area is 256 Å². The Morgan fingerprint density at radius 3 is 2.53 bits per heavy atom. The summed E-state index contributed by atoms with van der Waals surface area (Å²) < 4.78 is 40.5. The van der Waals surface area contributed by atoms with Gasteiger partial charge in [-0.25, -0.2) is 9.50 Å². The first kappa shape index (κ1) is 29.7. The van der Waals surface area contributed by atoms with Gasteiger partial charge in [0.1, 0.15) is 28.5 Å². The standard InChI is InChI=1S/C31H30F2N8O4/c1-38-12-14-40(15-13-38)27(42)16-20-4-6-21(7-5-20)44-22-8-9-26(45-31(32)33)23(17-22)28-25(19-39(2)37-28)36-30(43)24-18-35-41-11-3-10-34-29(24)41/h3-11,17-19,31H,12-16H2,1-2H3,(H,36,43). The molecule has 14 heteroatoms. The van der Waals surface area contributed by atoms with Crippen LogP contribution in [0.1, 0.15) is 15.9 Å². The number of ether oxygens (including phenoxy) is 2. The number of halogens is 2. The van der Waals surface area contributed by atoms with Crippen LogP contribution >= 0.6 is 0 Å². The molecule has 0 aliphatic carbocycles. The van der Waals surface area contributed by atoms with Crippen molar-refractivity contribution in [2.75, 3.05) is 38.5 Å². The van der Waals surface area contributed by atoms with Gasteiger partial charge in [0.25, 0.3) is 5.91 Å². The topological polar surface area (TPSA) is 119 Å². The van der Waals surface area contributed by atoms with Gasteiger partial charge >= 0.3 is 6.61 Å². The molecule has 1 aliphatic heterocycles. The predicted octanol–water partition coefficient (Wildman–Crippen LogP) is 4.09.